The largest absolute Gasteiger partial charge is 0.469 e. The molecule has 0 radical (unpaired) electrons. The van der Waals surface area contributed by atoms with Gasteiger partial charge in [0.05, 0.1) is 31.1 Å². The van der Waals surface area contributed by atoms with Crippen LogP contribution in [0.4, 0.5) is 0 Å². The zero-order chi connectivity index (χ0) is 16.9. The second-order valence-electron chi connectivity index (χ2n) is 5.11. The van der Waals surface area contributed by atoms with Gasteiger partial charge in [0.1, 0.15) is 0 Å². The molecule has 0 unspecified atom stereocenters. The number of benzene rings is 1. The van der Waals surface area contributed by atoms with E-state index in [1.807, 2.05) is 36.4 Å². The Balaban J connectivity index is 1.95. The summed E-state index contributed by atoms with van der Waals surface area (Å²) in [6.07, 6.45) is 4.98. The molecule has 3 aromatic rings. The molecule has 0 saturated carbocycles. The number of aryl methyl sites for hydroxylation is 1. The fraction of sp³-hybridized carbons (Fsp3) is 0.176. The van der Waals surface area contributed by atoms with Gasteiger partial charge < -0.3 is 4.74 Å². The summed E-state index contributed by atoms with van der Waals surface area (Å²) in [5.41, 5.74) is 2.04. The SMILES string of the molecule is COC(=O)CCn1cc(-c2ccnn2-c2ccccc2)cnc1=O. The molecule has 0 N–H and O–H groups in total. The number of para-hydroxylation sites is 1. The van der Waals surface area contributed by atoms with Crippen molar-refractivity contribution >= 4 is 5.97 Å². The van der Waals surface area contributed by atoms with Gasteiger partial charge in [-0.2, -0.15) is 5.10 Å². The van der Waals surface area contributed by atoms with Crippen molar-refractivity contribution in [2.75, 3.05) is 7.11 Å². The molecule has 0 aliphatic carbocycles. The van der Waals surface area contributed by atoms with E-state index in [-0.39, 0.29) is 18.9 Å². The monoisotopic (exact) mass is 324 g/mol. The van der Waals surface area contributed by atoms with E-state index in [4.69, 9.17) is 0 Å². The highest BCUT2D eigenvalue weighted by molar-refractivity contribution is 5.69. The number of carbonyl (C=O) groups is 1. The highest BCUT2D eigenvalue weighted by Gasteiger charge is 2.10. The Morgan fingerprint density at radius 2 is 2.00 bits per heavy atom. The third-order valence-corrected chi connectivity index (χ3v) is 3.58. The molecular weight excluding hydrogens is 308 g/mol. The van der Waals surface area contributed by atoms with Crippen LogP contribution in [0.15, 0.2) is 59.8 Å². The summed E-state index contributed by atoms with van der Waals surface area (Å²) in [4.78, 5) is 27.0. The molecule has 3 rings (SSSR count). The first-order chi connectivity index (χ1) is 11.7. The number of carbonyl (C=O) groups excluding carboxylic acids is 1. The molecular formula is C17H16N4O3. The van der Waals surface area contributed by atoms with Crippen molar-refractivity contribution in [1.29, 1.82) is 0 Å². The molecule has 0 fully saturated rings. The lowest BCUT2D eigenvalue weighted by molar-refractivity contribution is -0.140. The number of hydrogen-bond acceptors (Lipinski definition) is 5. The van der Waals surface area contributed by atoms with Crippen molar-refractivity contribution < 1.29 is 9.53 Å². The quantitative estimate of drug-likeness (QED) is 0.667. The normalized spacial score (nSPS) is 10.5. The fourth-order valence-electron chi connectivity index (χ4n) is 2.36. The average Bonchev–Trinajstić information content (AvgIpc) is 3.11. The first kappa shape index (κ1) is 15.7. The van der Waals surface area contributed by atoms with Gasteiger partial charge in [-0.3, -0.25) is 9.36 Å². The molecule has 7 heteroatoms. The molecule has 7 nitrogen and oxygen atoms in total. The summed E-state index contributed by atoms with van der Waals surface area (Å²) in [5.74, 6) is -0.373. The Morgan fingerprint density at radius 1 is 1.21 bits per heavy atom. The van der Waals surface area contributed by atoms with E-state index in [0.29, 0.717) is 0 Å². The standard InChI is InChI=1S/C17H16N4O3/c1-24-16(22)8-10-20-12-13(11-18-17(20)23)15-7-9-19-21(15)14-5-3-2-4-6-14/h2-7,9,11-12H,8,10H2,1H3. The first-order valence-corrected chi connectivity index (χ1v) is 7.42. The highest BCUT2D eigenvalue weighted by atomic mass is 16.5. The number of rotatable bonds is 5. The molecule has 0 saturated heterocycles. The lowest BCUT2D eigenvalue weighted by Crippen LogP contribution is -2.23. The van der Waals surface area contributed by atoms with Crippen LogP contribution in [0.25, 0.3) is 16.9 Å². The summed E-state index contributed by atoms with van der Waals surface area (Å²) in [6, 6.07) is 11.5. The third kappa shape index (κ3) is 3.24. The smallest absolute Gasteiger partial charge is 0.347 e. The van der Waals surface area contributed by atoms with Crippen molar-refractivity contribution in [2.24, 2.45) is 0 Å². The van der Waals surface area contributed by atoms with Crippen LogP contribution in [0.2, 0.25) is 0 Å². The molecule has 2 aromatic heterocycles. The van der Waals surface area contributed by atoms with Crippen molar-refractivity contribution in [3.63, 3.8) is 0 Å². The van der Waals surface area contributed by atoms with Crippen molar-refractivity contribution in [3.05, 3.63) is 65.5 Å². The number of methoxy groups -OCH3 is 1. The second kappa shape index (κ2) is 6.91. The summed E-state index contributed by atoms with van der Waals surface area (Å²) in [6.45, 7) is 0.214. The van der Waals surface area contributed by atoms with Crippen molar-refractivity contribution in [1.82, 2.24) is 19.3 Å². The summed E-state index contributed by atoms with van der Waals surface area (Å²) in [5, 5.41) is 4.33. The fourth-order valence-corrected chi connectivity index (χ4v) is 2.36. The maximum atomic E-state index is 11.9. The maximum Gasteiger partial charge on any atom is 0.347 e. The van der Waals surface area contributed by atoms with Crippen LogP contribution < -0.4 is 5.69 Å². The van der Waals surface area contributed by atoms with Gasteiger partial charge in [0.15, 0.2) is 0 Å². The van der Waals surface area contributed by atoms with Gasteiger partial charge in [-0.1, -0.05) is 18.2 Å². The molecule has 0 atom stereocenters. The molecule has 0 spiro atoms. The number of esters is 1. The minimum Gasteiger partial charge on any atom is -0.469 e. The van der Waals surface area contributed by atoms with Crippen LogP contribution in [-0.4, -0.2) is 32.4 Å². The summed E-state index contributed by atoms with van der Waals surface area (Å²) >= 11 is 0. The van der Waals surface area contributed by atoms with Gasteiger partial charge in [-0.25, -0.2) is 14.5 Å². The minimum atomic E-state index is -0.409. The average molecular weight is 324 g/mol. The lowest BCUT2D eigenvalue weighted by atomic mass is 10.2. The molecule has 24 heavy (non-hydrogen) atoms. The molecule has 0 aliphatic heterocycles. The van der Waals surface area contributed by atoms with Gasteiger partial charge in [-0.15, -0.1) is 0 Å². The van der Waals surface area contributed by atoms with Crippen LogP contribution in [-0.2, 0) is 16.1 Å². The second-order valence-corrected chi connectivity index (χ2v) is 5.11. The van der Waals surface area contributed by atoms with E-state index in [1.165, 1.54) is 17.9 Å². The Morgan fingerprint density at radius 3 is 2.75 bits per heavy atom. The Bertz CT molecular complexity index is 899. The van der Waals surface area contributed by atoms with Crippen LogP contribution in [0.5, 0.6) is 0 Å². The molecule has 122 valence electrons. The Labute approximate surface area is 138 Å². The number of aromatic nitrogens is 4. The van der Waals surface area contributed by atoms with Crippen molar-refractivity contribution in [3.8, 4) is 16.9 Å². The van der Waals surface area contributed by atoms with E-state index < -0.39 is 5.69 Å². The Kier molecular flexibility index (Phi) is 4.51. The molecule has 0 amide bonds. The highest BCUT2D eigenvalue weighted by Crippen LogP contribution is 2.20. The number of hydrogen-bond donors (Lipinski definition) is 0. The molecule has 0 aliphatic rings. The molecule has 0 bridgehead atoms. The third-order valence-electron chi connectivity index (χ3n) is 3.58. The van der Waals surface area contributed by atoms with Crippen LogP contribution in [0, 0.1) is 0 Å². The molecule has 1 aromatic carbocycles. The summed E-state index contributed by atoms with van der Waals surface area (Å²) < 4.78 is 7.77. The van der Waals surface area contributed by atoms with Gasteiger partial charge in [0.2, 0.25) is 0 Å². The van der Waals surface area contributed by atoms with E-state index in [2.05, 4.69) is 14.8 Å². The van der Waals surface area contributed by atoms with Crippen LogP contribution in [0.3, 0.4) is 0 Å². The van der Waals surface area contributed by atoms with Crippen LogP contribution >= 0.6 is 0 Å². The van der Waals surface area contributed by atoms with E-state index in [1.54, 1.807) is 17.1 Å². The molecule has 2 heterocycles. The maximum absolute atomic E-state index is 11.9. The Hall–Kier alpha value is -3.22. The van der Waals surface area contributed by atoms with Gasteiger partial charge in [0.25, 0.3) is 0 Å². The predicted octanol–water partition coefficient (Wildman–Crippen LogP) is 1.66. The minimum absolute atomic E-state index is 0.111. The topological polar surface area (TPSA) is 79.0 Å². The zero-order valence-electron chi connectivity index (χ0n) is 13.1. The van der Waals surface area contributed by atoms with Crippen LogP contribution in [0.1, 0.15) is 6.42 Å². The lowest BCUT2D eigenvalue weighted by Gasteiger charge is -2.09. The van der Waals surface area contributed by atoms with Gasteiger partial charge in [0, 0.05) is 24.5 Å². The summed E-state index contributed by atoms with van der Waals surface area (Å²) in [7, 11) is 1.32. The first-order valence-electron chi connectivity index (χ1n) is 7.42. The van der Waals surface area contributed by atoms with E-state index in [0.717, 1.165) is 16.9 Å². The van der Waals surface area contributed by atoms with Crippen molar-refractivity contribution in [2.45, 2.75) is 13.0 Å². The van der Waals surface area contributed by atoms with E-state index >= 15 is 0 Å². The van der Waals surface area contributed by atoms with Gasteiger partial charge in [-0.05, 0) is 18.2 Å². The number of nitrogens with zero attached hydrogens (tertiary/aromatic N) is 4. The zero-order valence-corrected chi connectivity index (χ0v) is 13.1. The number of ether oxygens (including phenoxy) is 1. The van der Waals surface area contributed by atoms with E-state index in [9.17, 15) is 9.59 Å². The predicted molar refractivity (Wildman–Crippen MR) is 87.7 cm³/mol. The van der Waals surface area contributed by atoms with Gasteiger partial charge >= 0.3 is 11.7 Å².